The van der Waals surface area contributed by atoms with E-state index >= 15 is 0 Å². The van der Waals surface area contributed by atoms with Gasteiger partial charge in [0.05, 0.1) is 17.9 Å². The molecule has 3 aromatic rings. The minimum Gasteiger partial charge on any atom is -0.444 e. The summed E-state index contributed by atoms with van der Waals surface area (Å²) in [5.74, 6) is 0. The van der Waals surface area contributed by atoms with Crippen molar-refractivity contribution in [2.45, 2.75) is 45.3 Å². The van der Waals surface area contributed by atoms with Gasteiger partial charge >= 0.3 is 6.09 Å². The topological polar surface area (TPSA) is 102 Å². The fourth-order valence-corrected chi connectivity index (χ4v) is 4.07. The van der Waals surface area contributed by atoms with Crippen LogP contribution in [0.3, 0.4) is 0 Å². The Hall–Kier alpha value is -3.55. The zero-order valence-corrected chi connectivity index (χ0v) is 18.7. The number of hydrogen-bond donors (Lipinski definition) is 2. The summed E-state index contributed by atoms with van der Waals surface area (Å²) in [7, 11) is 0. The van der Waals surface area contributed by atoms with Gasteiger partial charge < -0.3 is 20.7 Å². The second-order valence-electron chi connectivity index (χ2n) is 9.12. The lowest BCUT2D eigenvalue weighted by atomic mass is 10.0. The Labute approximate surface area is 187 Å². The maximum atomic E-state index is 12.3. The lowest BCUT2D eigenvalue weighted by Crippen LogP contribution is -2.42. The molecule has 1 saturated heterocycles. The monoisotopic (exact) mass is 435 g/mol. The Morgan fingerprint density at radius 3 is 2.66 bits per heavy atom. The summed E-state index contributed by atoms with van der Waals surface area (Å²) >= 11 is 0. The number of anilines is 3. The van der Waals surface area contributed by atoms with Gasteiger partial charge in [0.2, 0.25) is 0 Å². The van der Waals surface area contributed by atoms with Gasteiger partial charge in [-0.25, -0.2) is 4.79 Å². The number of nitrogen functional groups attached to an aromatic ring is 1. The third-order valence-corrected chi connectivity index (χ3v) is 5.60. The molecule has 1 amide bonds. The van der Waals surface area contributed by atoms with Crippen LogP contribution in [0.5, 0.6) is 0 Å². The van der Waals surface area contributed by atoms with Crippen molar-refractivity contribution in [2.75, 3.05) is 24.1 Å². The van der Waals surface area contributed by atoms with Crippen LogP contribution in [0, 0.1) is 0 Å². The van der Waals surface area contributed by atoms with Crippen LogP contribution in [0.4, 0.5) is 21.9 Å². The minimum atomic E-state index is -0.491. The lowest BCUT2D eigenvalue weighted by Gasteiger charge is -2.33. The number of rotatable bonds is 4. The van der Waals surface area contributed by atoms with Gasteiger partial charge in [0.15, 0.2) is 6.29 Å². The molecule has 4 rings (SSSR count). The molecule has 8 heteroatoms. The summed E-state index contributed by atoms with van der Waals surface area (Å²) in [6.07, 6.45) is 5.95. The van der Waals surface area contributed by atoms with E-state index in [1.807, 2.05) is 49.8 Å². The van der Waals surface area contributed by atoms with Crippen LogP contribution in [0.15, 0.2) is 42.7 Å². The van der Waals surface area contributed by atoms with Gasteiger partial charge in [-0.15, -0.1) is 0 Å². The number of aldehydes is 1. The van der Waals surface area contributed by atoms with Crippen LogP contribution < -0.4 is 11.1 Å². The van der Waals surface area contributed by atoms with Crippen LogP contribution in [0.2, 0.25) is 0 Å². The van der Waals surface area contributed by atoms with Crippen molar-refractivity contribution in [2.24, 2.45) is 0 Å². The number of fused-ring (bicyclic) bond motifs is 1. The molecule has 0 atom stereocenters. The van der Waals surface area contributed by atoms with Gasteiger partial charge in [0.25, 0.3) is 0 Å². The largest absolute Gasteiger partial charge is 0.444 e. The maximum Gasteiger partial charge on any atom is 0.410 e. The lowest BCUT2D eigenvalue weighted by molar-refractivity contribution is 0.0184. The first kappa shape index (κ1) is 21.7. The number of benzene rings is 2. The molecule has 1 aromatic heterocycles. The molecule has 8 nitrogen and oxygen atoms in total. The van der Waals surface area contributed by atoms with E-state index in [9.17, 15) is 9.59 Å². The Kier molecular flexibility index (Phi) is 5.78. The number of ether oxygens (including phenoxy) is 1. The number of nitrogens with two attached hydrogens (primary N) is 1. The van der Waals surface area contributed by atoms with Crippen molar-refractivity contribution < 1.29 is 14.3 Å². The molecule has 3 N–H and O–H groups in total. The van der Waals surface area contributed by atoms with Gasteiger partial charge in [0, 0.05) is 47.0 Å². The van der Waals surface area contributed by atoms with E-state index < -0.39 is 5.60 Å². The number of nitrogens with zero attached hydrogens (tertiary/aromatic N) is 3. The predicted octanol–water partition coefficient (Wildman–Crippen LogP) is 4.75. The van der Waals surface area contributed by atoms with Crippen molar-refractivity contribution in [3.05, 3.63) is 48.3 Å². The summed E-state index contributed by atoms with van der Waals surface area (Å²) in [6.45, 7) is 6.90. The molecule has 2 heterocycles. The number of aromatic nitrogens is 2. The Balaban J connectivity index is 1.45. The highest BCUT2D eigenvalue weighted by atomic mass is 16.6. The quantitative estimate of drug-likeness (QED) is 0.453. The first-order valence-electron chi connectivity index (χ1n) is 10.8. The van der Waals surface area contributed by atoms with E-state index in [-0.39, 0.29) is 12.1 Å². The van der Waals surface area contributed by atoms with Gasteiger partial charge in [-0.3, -0.25) is 9.48 Å². The number of piperidine rings is 1. The van der Waals surface area contributed by atoms with E-state index in [1.165, 1.54) is 0 Å². The second-order valence-corrected chi connectivity index (χ2v) is 9.12. The van der Waals surface area contributed by atoms with Crippen molar-refractivity contribution in [1.82, 2.24) is 14.7 Å². The van der Waals surface area contributed by atoms with E-state index in [4.69, 9.17) is 10.5 Å². The average Bonchev–Trinajstić information content (AvgIpc) is 3.23. The summed E-state index contributed by atoms with van der Waals surface area (Å²) in [5, 5.41) is 9.56. The molecule has 1 aliphatic rings. The Morgan fingerprint density at radius 1 is 1.22 bits per heavy atom. The Morgan fingerprint density at radius 2 is 1.97 bits per heavy atom. The average molecular weight is 436 g/mol. The maximum absolute atomic E-state index is 12.3. The van der Waals surface area contributed by atoms with Gasteiger partial charge in [-0.2, -0.15) is 5.10 Å². The normalized spacial score (nSPS) is 15.0. The number of likely N-dealkylation sites (tertiary alicyclic amines) is 1. The van der Waals surface area contributed by atoms with Crippen molar-refractivity contribution in [3.63, 3.8) is 0 Å². The zero-order valence-electron chi connectivity index (χ0n) is 18.7. The summed E-state index contributed by atoms with van der Waals surface area (Å²) in [5.41, 5.74) is 8.48. The molecule has 0 spiro atoms. The minimum absolute atomic E-state index is 0.217. The number of nitrogens with one attached hydrogen (secondary N) is 1. The molecule has 0 aliphatic carbocycles. The highest BCUT2D eigenvalue weighted by Gasteiger charge is 2.27. The predicted molar refractivity (Wildman–Crippen MR) is 125 cm³/mol. The van der Waals surface area contributed by atoms with Crippen LogP contribution >= 0.6 is 0 Å². The summed E-state index contributed by atoms with van der Waals surface area (Å²) in [6, 6.07) is 9.47. The highest BCUT2D eigenvalue weighted by Crippen LogP contribution is 2.33. The van der Waals surface area contributed by atoms with Crippen molar-refractivity contribution in [3.8, 4) is 0 Å². The van der Waals surface area contributed by atoms with Gasteiger partial charge in [0.1, 0.15) is 5.60 Å². The third kappa shape index (κ3) is 4.54. The fraction of sp³-hybridized carbons (Fsp3) is 0.375. The van der Waals surface area contributed by atoms with Crippen LogP contribution in [0.25, 0.3) is 10.8 Å². The molecule has 0 unspecified atom stereocenters. The first-order chi connectivity index (χ1) is 15.2. The van der Waals surface area contributed by atoms with Gasteiger partial charge in [-0.05, 0) is 45.7 Å². The molecule has 0 bridgehead atoms. The SMILES string of the molecule is CC(C)(C)OC(=O)N1CCC(n2cc(Nc3ccc(N)c4c(C=O)cccc34)cn2)CC1. The van der Waals surface area contributed by atoms with E-state index in [0.29, 0.717) is 24.3 Å². The molecule has 0 radical (unpaired) electrons. The van der Waals surface area contributed by atoms with E-state index in [2.05, 4.69) is 10.4 Å². The molecule has 2 aromatic carbocycles. The standard InChI is InChI=1S/C24H29N5O3/c1-24(2,3)32-23(31)28-11-9-18(10-12-28)29-14-17(13-26-29)27-21-8-7-20(25)22-16(15-30)5-4-6-19(21)22/h4-8,13-15,18,27H,9-12,25H2,1-3H3. The van der Waals surface area contributed by atoms with E-state index in [1.54, 1.807) is 23.2 Å². The first-order valence-corrected chi connectivity index (χ1v) is 10.8. The van der Waals surface area contributed by atoms with Gasteiger partial charge in [-0.1, -0.05) is 18.2 Å². The van der Waals surface area contributed by atoms with Crippen molar-refractivity contribution in [1.29, 1.82) is 0 Å². The van der Waals surface area contributed by atoms with E-state index in [0.717, 1.165) is 41.3 Å². The zero-order chi connectivity index (χ0) is 22.9. The third-order valence-electron chi connectivity index (χ3n) is 5.60. The Bertz CT molecular complexity index is 1140. The molecular weight excluding hydrogens is 406 g/mol. The fourth-order valence-electron chi connectivity index (χ4n) is 4.07. The van der Waals surface area contributed by atoms with Crippen LogP contribution in [0.1, 0.15) is 50.0 Å². The van der Waals surface area contributed by atoms with Crippen LogP contribution in [-0.4, -0.2) is 45.8 Å². The van der Waals surface area contributed by atoms with Crippen molar-refractivity contribution >= 4 is 40.2 Å². The second kappa shape index (κ2) is 8.53. The highest BCUT2D eigenvalue weighted by molar-refractivity contribution is 6.09. The number of hydrogen-bond acceptors (Lipinski definition) is 6. The molecule has 168 valence electrons. The summed E-state index contributed by atoms with van der Waals surface area (Å²) in [4.78, 5) is 25.5. The smallest absolute Gasteiger partial charge is 0.410 e. The molecular formula is C24H29N5O3. The molecule has 1 aliphatic heterocycles. The number of carbonyl (C=O) groups excluding carboxylic acids is 2. The van der Waals surface area contributed by atoms with Crippen LogP contribution in [-0.2, 0) is 4.74 Å². The molecule has 32 heavy (non-hydrogen) atoms. The number of carbonyl (C=O) groups is 2. The summed E-state index contributed by atoms with van der Waals surface area (Å²) < 4.78 is 7.42. The molecule has 1 fully saturated rings. The number of amides is 1. The molecule has 0 saturated carbocycles.